The molecule has 1 aromatic heterocycles. The lowest BCUT2D eigenvalue weighted by atomic mass is 9.80. The van der Waals surface area contributed by atoms with Crippen LogP contribution in [0.4, 0.5) is 0 Å². The molecule has 1 fully saturated rings. The minimum atomic E-state index is -3.43. The minimum absolute atomic E-state index is 0.268. The molecule has 0 spiro atoms. The number of hydrogen-bond acceptors (Lipinski definition) is 3. The van der Waals surface area contributed by atoms with E-state index in [9.17, 15) is 8.42 Å². The van der Waals surface area contributed by atoms with Gasteiger partial charge in [-0.2, -0.15) is 0 Å². The van der Waals surface area contributed by atoms with E-state index in [0.717, 1.165) is 31.5 Å². The van der Waals surface area contributed by atoms with Gasteiger partial charge in [0.15, 0.2) is 0 Å². The van der Waals surface area contributed by atoms with E-state index in [0.29, 0.717) is 11.4 Å². The van der Waals surface area contributed by atoms with Crippen molar-refractivity contribution >= 4 is 10.0 Å². The Morgan fingerprint density at radius 1 is 1.50 bits per heavy atom. The highest BCUT2D eigenvalue weighted by Gasteiger charge is 2.36. The fourth-order valence-corrected chi connectivity index (χ4v) is 3.86. The third kappa shape index (κ3) is 2.46. The van der Waals surface area contributed by atoms with Crippen molar-refractivity contribution in [2.75, 3.05) is 0 Å². The normalized spacial score (nSPS) is 18.6. The molecule has 0 bridgehead atoms. The number of nitrogens with one attached hydrogen (secondary N) is 1. The molecular weight excluding hydrogens is 250 g/mol. The van der Waals surface area contributed by atoms with Crippen LogP contribution in [0.3, 0.4) is 0 Å². The van der Waals surface area contributed by atoms with E-state index < -0.39 is 10.0 Å². The first-order valence-corrected chi connectivity index (χ1v) is 7.81. The molecule has 1 aromatic rings. The summed E-state index contributed by atoms with van der Waals surface area (Å²) in [5, 5.41) is 0. The zero-order chi connectivity index (χ0) is 13.4. The molecule has 5 nitrogen and oxygen atoms in total. The second-order valence-corrected chi connectivity index (χ2v) is 6.86. The van der Waals surface area contributed by atoms with Gasteiger partial charge in [0.05, 0.1) is 4.90 Å². The van der Waals surface area contributed by atoms with Crippen LogP contribution < -0.4 is 10.5 Å². The Balaban J connectivity index is 2.26. The van der Waals surface area contributed by atoms with Crippen molar-refractivity contribution < 1.29 is 8.42 Å². The fraction of sp³-hybridized carbons (Fsp3) is 0.667. The third-order valence-electron chi connectivity index (χ3n) is 3.66. The number of nitrogens with two attached hydrogens (primary N) is 1. The van der Waals surface area contributed by atoms with Gasteiger partial charge in [0.1, 0.15) is 0 Å². The van der Waals surface area contributed by atoms with Gasteiger partial charge >= 0.3 is 0 Å². The number of nitrogens with zero attached hydrogens (tertiary/aromatic N) is 1. The Morgan fingerprint density at radius 3 is 2.56 bits per heavy atom. The lowest BCUT2D eigenvalue weighted by molar-refractivity contribution is 0.248. The summed E-state index contributed by atoms with van der Waals surface area (Å²) in [4.78, 5) is 0.318. The van der Waals surface area contributed by atoms with Crippen LogP contribution in [0.25, 0.3) is 0 Å². The van der Waals surface area contributed by atoms with Crippen LogP contribution in [-0.4, -0.2) is 18.5 Å². The minimum Gasteiger partial charge on any atom is -0.349 e. The number of aromatic nitrogens is 1. The summed E-state index contributed by atoms with van der Waals surface area (Å²) in [5.74, 6) is 0. The van der Waals surface area contributed by atoms with Crippen LogP contribution in [0.15, 0.2) is 17.2 Å². The number of hydrogen-bond donors (Lipinski definition) is 2. The van der Waals surface area contributed by atoms with E-state index in [1.807, 2.05) is 18.4 Å². The first kappa shape index (κ1) is 13.6. The summed E-state index contributed by atoms with van der Waals surface area (Å²) in [6.45, 7) is 4.99. The largest absolute Gasteiger partial charge is 0.349 e. The highest BCUT2D eigenvalue weighted by atomic mass is 32.2. The smallest absolute Gasteiger partial charge is 0.242 e. The predicted octanol–water partition coefficient (Wildman–Crippen LogP) is 1.19. The molecule has 1 heterocycles. The molecule has 0 radical (unpaired) electrons. The molecular formula is C12H21N3O2S. The molecule has 1 aliphatic carbocycles. The molecule has 0 atom stereocenters. The number of rotatable bonds is 5. The SMILES string of the molecule is CCn1cc(S(=O)(=O)NC2(C)CCC2)cc1CN. The van der Waals surface area contributed by atoms with Gasteiger partial charge in [-0.15, -0.1) is 0 Å². The Kier molecular flexibility index (Phi) is 3.53. The van der Waals surface area contributed by atoms with Crippen molar-refractivity contribution in [2.24, 2.45) is 5.73 Å². The van der Waals surface area contributed by atoms with Gasteiger partial charge in [-0.1, -0.05) is 0 Å². The maximum atomic E-state index is 12.3. The Labute approximate surface area is 108 Å². The highest BCUT2D eigenvalue weighted by Crippen LogP contribution is 2.32. The maximum absolute atomic E-state index is 12.3. The average Bonchev–Trinajstić information content (AvgIpc) is 2.70. The standard InChI is InChI=1S/C12H21N3O2S/c1-3-15-9-11(7-10(15)8-13)18(16,17)14-12(2)5-4-6-12/h7,9,14H,3-6,8,13H2,1-2H3. The molecule has 0 aliphatic heterocycles. The predicted molar refractivity (Wildman–Crippen MR) is 70.6 cm³/mol. The third-order valence-corrected chi connectivity index (χ3v) is 5.26. The van der Waals surface area contributed by atoms with E-state index in [2.05, 4.69) is 4.72 Å². The molecule has 18 heavy (non-hydrogen) atoms. The van der Waals surface area contributed by atoms with Crippen molar-refractivity contribution in [2.45, 2.75) is 56.6 Å². The average molecular weight is 271 g/mol. The van der Waals surface area contributed by atoms with Crippen molar-refractivity contribution in [3.05, 3.63) is 18.0 Å². The van der Waals surface area contributed by atoms with Crippen molar-refractivity contribution in [3.8, 4) is 0 Å². The van der Waals surface area contributed by atoms with E-state index >= 15 is 0 Å². The van der Waals surface area contributed by atoms with Crippen LogP contribution in [-0.2, 0) is 23.1 Å². The highest BCUT2D eigenvalue weighted by molar-refractivity contribution is 7.89. The lowest BCUT2D eigenvalue weighted by Gasteiger charge is -2.38. The first-order valence-electron chi connectivity index (χ1n) is 6.33. The number of aryl methyl sites for hydroxylation is 1. The zero-order valence-corrected chi connectivity index (χ0v) is 11.8. The van der Waals surface area contributed by atoms with Crippen LogP contribution in [0.5, 0.6) is 0 Å². The molecule has 0 aromatic carbocycles. The van der Waals surface area contributed by atoms with E-state index in [1.165, 1.54) is 0 Å². The molecule has 0 amide bonds. The second-order valence-electron chi connectivity index (χ2n) is 5.18. The lowest BCUT2D eigenvalue weighted by Crippen LogP contribution is -2.50. The summed E-state index contributed by atoms with van der Waals surface area (Å²) in [6.07, 6.45) is 4.56. The Bertz CT molecular complexity index is 508. The summed E-state index contributed by atoms with van der Waals surface area (Å²) >= 11 is 0. The van der Waals surface area contributed by atoms with Crippen LogP contribution in [0, 0.1) is 0 Å². The molecule has 102 valence electrons. The van der Waals surface area contributed by atoms with Gasteiger partial charge in [-0.3, -0.25) is 0 Å². The summed E-state index contributed by atoms with van der Waals surface area (Å²) in [7, 11) is -3.43. The topological polar surface area (TPSA) is 77.1 Å². The molecule has 0 unspecified atom stereocenters. The zero-order valence-electron chi connectivity index (χ0n) is 10.9. The quantitative estimate of drug-likeness (QED) is 0.844. The first-order chi connectivity index (χ1) is 8.40. The fourth-order valence-electron chi connectivity index (χ4n) is 2.33. The Morgan fingerprint density at radius 2 is 2.17 bits per heavy atom. The van der Waals surface area contributed by atoms with Gasteiger partial charge in [-0.25, -0.2) is 13.1 Å². The molecule has 1 saturated carbocycles. The monoisotopic (exact) mass is 271 g/mol. The van der Waals surface area contributed by atoms with Crippen molar-refractivity contribution in [1.29, 1.82) is 0 Å². The van der Waals surface area contributed by atoms with E-state index in [4.69, 9.17) is 5.73 Å². The van der Waals surface area contributed by atoms with Gasteiger partial charge in [0, 0.05) is 30.5 Å². The number of sulfonamides is 1. The maximum Gasteiger partial charge on any atom is 0.242 e. The second kappa shape index (κ2) is 4.68. The van der Waals surface area contributed by atoms with Gasteiger partial charge in [0.2, 0.25) is 10.0 Å². The van der Waals surface area contributed by atoms with E-state index in [1.54, 1.807) is 12.3 Å². The summed E-state index contributed by atoms with van der Waals surface area (Å²) in [6, 6.07) is 1.66. The summed E-state index contributed by atoms with van der Waals surface area (Å²) < 4.78 is 29.2. The van der Waals surface area contributed by atoms with Crippen LogP contribution in [0.2, 0.25) is 0 Å². The molecule has 1 aliphatic rings. The van der Waals surface area contributed by atoms with Crippen LogP contribution >= 0.6 is 0 Å². The molecule has 2 rings (SSSR count). The van der Waals surface area contributed by atoms with Gasteiger partial charge < -0.3 is 10.3 Å². The molecule has 6 heteroatoms. The molecule has 3 N–H and O–H groups in total. The van der Waals surface area contributed by atoms with Gasteiger partial charge in [-0.05, 0) is 39.2 Å². The van der Waals surface area contributed by atoms with Crippen LogP contribution in [0.1, 0.15) is 38.8 Å². The Hall–Kier alpha value is -0.850. The summed E-state index contributed by atoms with van der Waals surface area (Å²) in [5.41, 5.74) is 6.19. The van der Waals surface area contributed by atoms with Crippen molar-refractivity contribution in [1.82, 2.24) is 9.29 Å². The molecule has 0 saturated heterocycles. The van der Waals surface area contributed by atoms with Crippen molar-refractivity contribution in [3.63, 3.8) is 0 Å². The van der Waals surface area contributed by atoms with E-state index in [-0.39, 0.29) is 5.54 Å². The van der Waals surface area contributed by atoms with Gasteiger partial charge in [0.25, 0.3) is 0 Å².